The van der Waals surface area contributed by atoms with Gasteiger partial charge < -0.3 is 19.6 Å². The number of ether oxygens (including phenoxy) is 1. The Morgan fingerprint density at radius 2 is 1.65 bits per heavy atom. The maximum atomic E-state index is 13.3. The van der Waals surface area contributed by atoms with E-state index in [-0.39, 0.29) is 11.3 Å². The number of carbonyl (C=O) groups excluding carboxylic acids is 2. The van der Waals surface area contributed by atoms with E-state index in [9.17, 15) is 14.7 Å². The number of aryl methyl sites for hydroxylation is 2. The number of hydrogen-bond donors (Lipinski definition) is 1. The minimum atomic E-state index is -0.655. The van der Waals surface area contributed by atoms with Crippen LogP contribution in [-0.2, 0) is 16.2 Å². The van der Waals surface area contributed by atoms with Gasteiger partial charge in [0.1, 0.15) is 18.1 Å². The van der Waals surface area contributed by atoms with Crippen LogP contribution >= 0.6 is 0 Å². The van der Waals surface area contributed by atoms with Gasteiger partial charge in [-0.1, -0.05) is 54.6 Å². The molecule has 4 rings (SSSR count). The second kappa shape index (κ2) is 11.4. The molecule has 1 amide bonds. The molecule has 1 fully saturated rings. The molecule has 1 saturated heterocycles. The Balaban J connectivity index is 1.69. The summed E-state index contributed by atoms with van der Waals surface area (Å²) in [6.07, 6.45) is 0.717. The second-order valence-corrected chi connectivity index (χ2v) is 9.76. The van der Waals surface area contributed by atoms with Crippen LogP contribution in [0.25, 0.3) is 5.76 Å². The molecule has 1 unspecified atom stereocenters. The number of nitrogens with zero attached hydrogens (tertiary/aromatic N) is 2. The number of likely N-dealkylation sites (tertiary alicyclic amines) is 1. The number of rotatable bonds is 9. The van der Waals surface area contributed by atoms with Crippen LogP contribution in [0.2, 0.25) is 0 Å². The zero-order valence-corrected chi connectivity index (χ0v) is 21.9. The molecule has 37 heavy (non-hydrogen) atoms. The van der Waals surface area contributed by atoms with Crippen molar-refractivity contribution in [3.8, 4) is 5.75 Å². The molecular formula is C31H34N2O4. The summed E-state index contributed by atoms with van der Waals surface area (Å²) in [6.45, 7) is 5.49. The van der Waals surface area contributed by atoms with Crippen molar-refractivity contribution in [2.24, 2.45) is 0 Å². The molecule has 0 radical (unpaired) electrons. The van der Waals surface area contributed by atoms with Crippen LogP contribution in [-0.4, -0.2) is 53.8 Å². The molecule has 3 aromatic carbocycles. The molecule has 0 aliphatic carbocycles. The molecule has 3 aromatic rings. The summed E-state index contributed by atoms with van der Waals surface area (Å²) in [4.78, 5) is 30.1. The summed E-state index contributed by atoms with van der Waals surface area (Å²) >= 11 is 0. The largest absolute Gasteiger partial charge is 0.507 e. The van der Waals surface area contributed by atoms with Gasteiger partial charge in [0.2, 0.25) is 0 Å². The first-order valence-electron chi connectivity index (χ1n) is 12.5. The third kappa shape index (κ3) is 5.75. The molecule has 6 heteroatoms. The predicted octanol–water partition coefficient (Wildman–Crippen LogP) is 5.26. The third-order valence-corrected chi connectivity index (χ3v) is 6.71. The SMILES string of the molecule is Cc1cc(/C(O)=C2\C(=O)C(=O)N(CCCN(C)C)C2c2ccccc2C)ccc1OCc1ccccc1. The number of ketones is 1. The fraction of sp³-hybridized carbons (Fsp3) is 0.290. The number of Topliss-reactive ketones (excluding diaryl/α,β-unsaturated/α-hetero) is 1. The standard InChI is InChI=1S/C31H34N2O4/c1-21-11-8-9-14-25(21)28-27(30(35)31(36)33(28)18-10-17-32(3)4)29(34)24-15-16-26(22(2)19-24)37-20-23-12-6-5-7-13-23/h5-9,11-16,19,28,34H,10,17-18,20H2,1-4H3/b29-27+. The minimum absolute atomic E-state index is 0.126. The first kappa shape index (κ1) is 26.2. The number of carbonyl (C=O) groups is 2. The van der Waals surface area contributed by atoms with Gasteiger partial charge in [-0.25, -0.2) is 0 Å². The van der Waals surface area contributed by atoms with Crippen LogP contribution in [0.4, 0.5) is 0 Å². The fourth-order valence-corrected chi connectivity index (χ4v) is 4.73. The smallest absolute Gasteiger partial charge is 0.295 e. The highest BCUT2D eigenvalue weighted by molar-refractivity contribution is 6.46. The van der Waals surface area contributed by atoms with E-state index in [1.165, 1.54) is 0 Å². The summed E-state index contributed by atoms with van der Waals surface area (Å²) in [6, 6.07) is 22.3. The number of amides is 1. The highest BCUT2D eigenvalue weighted by Gasteiger charge is 2.46. The van der Waals surface area contributed by atoms with E-state index < -0.39 is 17.7 Å². The van der Waals surface area contributed by atoms with Crippen molar-refractivity contribution >= 4 is 17.4 Å². The van der Waals surface area contributed by atoms with Crippen LogP contribution in [0.1, 0.15) is 40.3 Å². The fourth-order valence-electron chi connectivity index (χ4n) is 4.73. The lowest BCUT2D eigenvalue weighted by molar-refractivity contribution is -0.139. The monoisotopic (exact) mass is 498 g/mol. The first-order valence-corrected chi connectivity index (χ1v) is 12.5. The minimum Gasteiger partial charge on any atom is -0.507 e. The Hall–Kier alpha value is -3.90. The van der Waals surface area contributed by atoms with E-state index in [1.54, 1.807) is 23.1 Å². The first-order chi connectivity index (χ1) is 17.8. The van der Waals surface area contributed by atoms with Gasteiger partial charge in [0, 0.05) is 12.1 Å². The molecule has 0 saturated carbocycles. The molecular weight excluding hydrogens is 464 g/mol. The molecule has 1 aliphatic rings. The van der Waals surface area contributed by atoms with Crippen LogP contribution < -0.4 is 4.74 Å². The van der Waals surface area contributed by atoms with E-state index in [1.807, 2.05) is 87.4 Å². The van der Waals surface area contributed by atoms with Crippen molar-refractivity contribution in [3.63, 3.8) is 0 Å². The summed E-state index contributed by atoms with van der Waals surface area (Å²) in [7, 11) is 3.95. The molecule has 0 bridgehead atoms. The average molecular weight is 499 g/mol. The summed E-state index contributed by atoms with van der Waals surface area (Å²) in [5.41, 5.74) is 4.29. The van der Waals surface area contributed by atoms with Gasteiger partial charge in [-0.3, -0.25) is 9.59 Å². The molecule has 1 atom stereocenters. The summed E-state index contributed by atoms with van der Waals surface area (Å²) in [5.74, 6) is -0.704. The van der Waals surface area contributed by atoms with Gasteiger partial charge in [-0.15, -0.1) is 0 Å². The Bertz CT molecular complexity index is 1310. The van der Waals surface area contributed by atoms with Crippen LogP contribution in [0, 0.1) is 13.8 Å². The van der Waals surface area contributed by atoms with Gasteiger partial charge in [0.15, 0.2) is 0 Å². The van der Waals surface area contributed by atoms with Crippen molar-refractivity contribution in [3.05, 3.63) is 106 Å². The van der Waals surface area contributed by atoms with E-state index in [0.717, 1.165) is 35.2 Å². The number of hydrogen-bond acceptors (Lipinski definition) is 5. The molecule has 6 nitrogen and oxygen atoms in total. The molecule has 0 aromatic heterocycles. The van der Waals surface area contributed by atoms with Gasteiger partial charge in [0.05, 0.1) is 11.6 Å². The highest BCUT2D eigenvalue weighted by Crippen LogP contribution is 2.41. The summed E-state index contributed by atoms with van der Waals surface area (Å²) < 4.78 is 5.98. The van der Waals surface area contributed by atoms with Crippen LogP contribution in [0.5, 0.6) is 5.75 Å². The quantitative estimate of drug-likeness (QED) is 0.248. The maximum absolute atomic E-state index is 13.3. The second-order valence-electron chi connectivity index (χ2n) is 9.76. The van der Waals surface area contributed by atoms with Crippen LogP contribution in [0.3, 0.4) is 0 Å². The van der Waals surface area contributed by atoms with E-state index in [4.69, 9.17) is 4.74 Å². The van der Waals surface area contributed by atoms with E-state index >= 15 is 0 Å². The Morgan fingerprint density at radius 1 is 0.946 bits per heavy atom. The Kier molecular flexibility index (Phi) is 8.09. The normalized spacial score (nSPS) is 17.0. The zero-order valence-electron chi connectivity index (χ0n) is 21.9. The molecule has 192 valence electrons. The molecule has 0 spiro atoms. The Morgan fingerprint density at radius 3 is 2.32 bits per heavy atom. The Labute approximate surface area is 218 Å². The van der Waals surface area contributed by atoms with Crippen molar-refractivity contribution in [2.45, 2.75) is 32.9 Å². The lowest BCUT2D eigenvalue weighted by Gasteiger charge is -2.27. The van der Waals surface area contributed by atoms with Crippen molar-refractivity contribution in [1.29, 1.82) is 0 Å². The van der Waals surface area contributed by atoms with Crippen molar-refractivity contribution < 1.29 is 19.4 Å². The molecule has 1 N–H and O–H groups in total. The van der Waals surface area contributed by atoms with Crippen molar-refractivity contribution in [1.82, 2.24) is 9.80 Å². The lowest BCUT2D eigenvalue weighted by Crippen LogP contribution is -2.32. The lowest BCUT2D eigenvalue weighted by atomic mass is 9.92. The summed E-state index contributed by atoms with van der Waals surface area (Å²) in [5, 5.41) is 11.4. The van der Waals surface area contributed by atoms with E-state index in [0.29, 0.717) is 24.5 Å². The zero-order chi connectivity index (χ0) is 26.5. The van der Waals surface area contributed by atoms with Crippen molar-refractivity contribution in [2.75, 3.05) is 27.2 Å². The van der Waals surface area contributed by atoms with Gasteiger partial charge >= 0.3 is 0 Å². The third-order valence-electron chi connectivity index (χ3n) is 6.71. The topological polar surface area (TPSA) is 70.1 Å². The highest BCUT2D eigenvalue weighted by atomic mass is 16.5. The average Bonchev–Trinajstić information content (AvgIpc) is 3.13. The number of benzene rings is 3. The van der Waals surface area contributed by atoms with E-state index in [2.05, 4.69) is 0 Å². The maximum Gasteiger partial charge on any atom is 0.295 e. The number of aliphatic hydroxyl groups excluding tert-OH is 1. The van der Waals surface area contributed by atoms with Crippen LogP contribution in [0.15, 0.2) is 78.4 Å². The van der Waals surface area contributed by atoms with Gasteiger partial charge in [0.25, 0.3) is 11.7 Å². The number of aliphatic hydroxyl groups is 1. The predicted molar refractivity (Wildman–Crippen MR) is 145 cm³/mol. The van der Waals surface area contributed by atoms with Gasteiger partial charge in [-0.2, -0.15) is 0 Å². The molecule has 1 aliphatic heterocycles. The molecule has 1 heterocycles. The van der Waals surface area contributed by atoms with Gasteiger partial charge in [-0.05, 0) is 81.4 Å².